The van der Waals surface area contributed by atoms with E-state index in [0.717, 1.165) is 6.42 Å². The zero-order valence-corrected chi connectivity index (χ0v) is 9.71. The van der Waals surface area contributed by atoms with E-state index in [0.29, 0.717) is 32.6 Å². The van der Waals surface area contributed by atoms with Crippen molar-refractivity contribution in [2.24, 2.45) is 5.92 Å². The quantitative estimate of drug-likeness (QED) is 0.712. The number of aliphatic hydroxyl groups is 1. The van der Waals surface area contributed by atoms with Gasteiger partial charge in [0, 0.05) is 32.6 Å². The fourth-order valence-electron chi connectivity index (χ4n) is 2.54. The summed E-state index contributed by atoms with van der Waals surface area (Å²) in [7, 11) is 0. The molecule has 2 unspecified atom stereocenters. The van der Waals surface area contributed by atoms with Gasteiger partial charge in [-0.25, -0.2) is 4.79 Å². The average Bonchev–Trinajstić information content (AvgIpc) is 2.85. The largest absolute Gasteiger partial charge is 0.481 e. The maximum absolute atomic E-state index is 12.0. The average molecular weight is 242 g/mol. The number of hydrogen-bond acceptors (Lipinski definition) is 3. The summed E-state index contributed by atoms with van der Waals surface area (Å²) in [5, 5.41) is 18.1. The van der Waals surface area contributed by atoms with E-state index in [-0.39, 0.29) is 18.4 Å². The SMILES string of the molecule is O=C(O)CC1CCN(C(=O)N2CCC(O)C2)C1. The summed E-state index contributed by atoms with van der Waals surface area (Å²) in [4.78, 5) is 25.9. The number of carboxylic acids is 1. The molecule has 0 aromatic carbocycles. The smallest absolute Gasteiger partial charge is 0.320 e. The molecule has 2 saturated heterocycles. The predicted octanol–water partition coefficient (Wildman–Crippen LogP) is -0.0304. The minimum atomic E-state index is -0.805. The van der Waals surface area contributed by atoms with Crippen molar-refractivity contribution in [3.05, 3.63) is 0 Å². The second-order valence-electron chi connectivity index (χ2n) is 4.87. The number of nitrogens with zero attached hydrogens (tertiary/aromatic N) is 2. The van der Waals surface area contributed by atoms with E-state index >= 15 is 0 Å². The van der Waals surface area contributed by atoms with Crippen LogP contribution in [0.15, 0.2) is 0 Å². The number of carboxylic acid groups (broad SMARTS) is 1. The van der Waals surface area contributed by atoms with Gasteiger partial charge in [-0.15, -0.1) is 0 Å². The predicted molar refractivity (Wildman–Crippen MR) is 59.5 cm³/mol. The number of rotatable bonds is 2. The topological polar surface area (TPSA) is 81.1 Å². The van der Waals surface area contributed by atoms with Gasteiger partial charge in [-0.1, -0.05) is 0 Å². The van der Waals surface area contributed by atoms with E-state index in [1.165, 1.54) is 0 Å². The Balaban J connectivity index is 1.83. The van der Waals surface area contributed by atoms with Crippen LogP contribution in [0, 0.1) is 5.92 Å². The van der Waals surface area contributed by atoms with E-state index in [9.17, 15) is 14.7 Å². The third-order valence-corrected chi connectivity index (χ3v) is 3.45. The third kappa shape index (κ3) is 2.88. The zero-order valence-electron chi connectivity index (χ0n) is 9.71. The molecule has 0 aromatic heterocycles. The number of likely N-dealkylation sites (tertiary alicyclic amines) is 2. The monoisotopic (exact) mass is 242 g/mol. The van der Waals surface area contributed by atoms with Gasteiger partial charge >= 0.3 is 12.0 Å². The third-order valence-electron chi connectivity index (χ3n) is 3.45. The molecule has 2 fully saturated rings. The first-order valence-corrected chi connectivity index (χ1v) is 6.00. The minimum absolute atomic E-state index is 0.0607. The number of hydrogen-bond donors (Lipinski definition) is 2. The second kappa shape index (κ2) is 4.91. The Morgan fingerprint density at radius 1 is 1.12 bits per heavy atom. The Hall–Kier alpha value is -1.30. The van der Waals surface area contributed by atoms with E-state index in [2.05, 4.69) is 0 Å². The van der Waals surface area contributed by atoms with Crippen LogP contribution in [0.2, 0.25) is 0 Å². The van der Waals surface area contributed by atoms with Crippen LogP contribution in [0.5, 0.6) is 0 Å². The van der Waals surface area contributed by atoms with Crippen molar-refractivity contribution >= 4 is 12.0 Å². The van der Waals surface area contributed by atoms with Crippen molar-refractivity contribution in [3.63, 3.8) is 0 Å². The first-order valence-electron chi connectivity index (χ1n) is 6.00. The molecule has 17 heavy (non-hydrogen) atoms. The van der Waals surface area contributed by atoms with Crippen molar-refractivity contribution in [3.8, 4) is 0 Å². The highest BCUT2D eigenvalue weighted by Gasteiger charge is 2.33. The van der Waals surface area contributed by atoms with Crippen LogP contribution in [0.25, 0.3) is 0 Å². The number of β-amino-alcohol motifs (C(OH)–C–C–N with tert-alkyl or cyclic N) is 1. The molecule has 2 aliphatic rings. The highest BCUT2D eigenvalue weighted by atomic mass is 16.4. The molecule has 2 atom stereocenters. The van der Waals surface area contributed by atoms with Crippen molar-refractivity contribution in [1.29, 1.82) is 0 Å². The van der Waals surface area contributed by atoms with Gasteiger partial charge in [0.15, 0.2) is 0 Å². The van der Waals surface area contributed by atoms with Crippen LogP contribution in [0.3, 0.4) is 0 Å². The van der Waals surface area contributed by atoms with E-state index in [4.69, 9.17) is 5.11 Å². The van der Waals surface area contributed by atoms with Crippen LogP contribution in [-0.2, 0) is 4.79 Å². The van der Waals surface area contributed by atoms with Gasteiger partial charge in [-0.3, -0.25) is 4.79 Å². The first kappa shape index (κ1) is 12.2. The van der Waals surface area contributed by atoms with E-state index < -0.39 is 12.1 Å². The fourth-order valence-corrected chi connectivity index (χ4v) is 2.54. The highest BCUT2D eigenvalue weighted by molar-refractivity contribution is 5.75. The summed E-state index contributed by atoms with van der Waals surface area (Å²) in [6.07, 6.45) is 1.12. The van der Waals surface area contributed by atoms with Crippen LogP contribution in [0.4, 0.5) is 4.79 Å². The normalized spacial score (nSPS) is 28.8. The molecule has 0 aromatic rings. The molecule has 0 bridgehead atoms. The molecule has 0 aliphatic carbocycles. The summed E-state index contributed by atoms with van der Waals surface area (Å²) >= 11 is 0. The molecule has 2 heterocycles. The molecule has 2 rings (SSSR count). The Bertz CT molecular complexity index is 321. The number of carbonyl (C=O) groups is 2. The number of urea groups is 1. The van der Waals surface area contributed by atoms with Gasteiger partial charge in [-0.2, -0.15) is 0 Å². The first-order chi connectivity index (χ1) is 8.06. The molecule has 6 nitrogen and oxygen atoms in total. The van der Waals surface area contributed by atoms with Crippen molar-refractivity contribution < 1.29 is 19.8 Å². The maximum atomic E-state index is 12.0. The molecular weight excluding hydrogens is 224 g/mol. The van der Waals surface area contributed by atoms with Gasteiger partial charge in [0.05, 0.1) is 6.10 Å². The lowest BCUT2D eigenvalue weighted by Gasteiger charge is -2.24. The van der Waals surface area contributed by atoms with Crippen LogP contribution in [-0.4, -0.2) is 64.3 Å². The van der Waals surface area contributed by atoms with Crippen molar-refractivity contribution in [2.75, 3.05) is 26.2 Å². The summed E-state index contributed by atoms with van der Waals surface area (Å²) in [5.74, 6) is -0.732. The van der Waals surface area contributed by atoms with Crippen LogP contribution >= 0.6 is 0 Å². The molecule has 2 amide bonds. The number of carbonyl (C=O) groups excluding carboxylic acids is 1. The number of aliphatic carboxylic acids is 1. The van der Waals surface area contributed by atoms with Gasteiger partial charge in [0.1, 0.15) is 0 Å². The minimum Gasteiger partial charge on any atom is -0.481 e. The van der Waals surface area contributed by atoms with Gasteiger partial charge < -0.3 is 20.0 Å². The van der Waals surface area contributed by atoms with Crippen molar-refractivity contribution in [1.82, 2.24) is 9.80 Å². The lowest BCUT2D eigenvalue weighted by molar-refractivity contribution is -0.138. The van der Waals surface area contributed by atoms with Gasteiger partial charge in [0.2, 0.25) is 0 Å². The lowest BCUT2D eigenvalue weighted by Crippen LogP contribution is -2.41. The molecule has 0 radical (unpaired) electrons. The summed E-state index contributed by atoms with van der Waals surface area (Å²) in [5.41, 5.74) is 0. The van der Waals surface area contributed by atoms with Crippen LogP contribution in [0.1, 0.15) is 19.3 Å². The fraction of sp³-hybridized carbons (Fsp3) is 0.818. The number of aliphatic hydroxyl groups excluding tert-OH is 1. The van der Waals surface area contributed by atoms with Crippen LogP contribution < -0.4 is 0 Å². The van der Waals surface area contributed by atoms with Gasteiger partial charge in [-0.05, 0) is 18.8 Å². The second-order valence-corrected chi connectivity index (χ2v) is 4.87. The summed E-state index contributed by atoms with van der Waals surface area (Å²) < 4.78 is 0. The standard InChI is InChI=1S/C11H18N2O4/c14-9-2-4-13(7-9)11(17)12-3-1-8(6-12)5-10(15)16/h8-9,14H,1-7H2,(H,15,16). The van der Waals surface area contributed by atoms with Gasteiger partial charge in [0.25, 0.3) is 0 Å². The lowest BCUT2D eigenvalue weighted by atomic mass is 10.1. The Labute approximate surface area is 99.8 Å². The Kier molecular flexibility index (Phi) is 3.51. The molecule has 0 spiro atoms. The van der Waals surface area contributed by atoms with E-state index in [1.807, 2.05) is 0 Å². The Morgan fingerprint density at radius 3 is 2.35 bits per heavy atom. The van der Waals surface area contributed by atoms with E-state index in [1.54, 1.807) is 9.80 Å². The number of amides is 2. The summed E-state index contributed by atoms with van der Waals surface area (Å²) in [6.45, 7) is 2.15. The molecule has 6 heteroatoms. The molecule has 96 valence electrons. The molecule has 2 aliphatic heterocycles. The zero-order chi connectivity index (χ0) is 12.4. The summed E-state index contributed by atoms with van der Waals surface area (Å²) in [6, 6.07) is -0.0607. The molecule has 0 saturated carbocycles. The highest BCUT2D eigenvalue weighted by Crippen LogP contribution is 2.22. The molecular formula is C11H18N2O4. The Morgan fingerprint density at radius 2 is 1.76 bits per heavy atom. The molecule has 2 N–H and O–H groups in total. The van der Waals surface area contributed by atoms with Crippen molar-refractivity contribution in [2.45, 2.75) is 25.4 Å². The maximum Gasteiger partial charge on any atom is 0.320 e.